The van der Waals surface area contributed by atoms with Crippen molar-refractivity contribution in [2.45, 2.75) is 13.8 Å². The van der Waals surface area contributed by atoms with Gasteiger partial charge in [-0.05, 0) is 25.5 Å². The molecule has 0 saturated heterocycles. The van der Waals surface area contributed by atoms with Crippen molar-refractivity contribution >= 4 is 13.3 Å². The zero-order valence-corrected chi connectivity index (χ0v) is 10.4. The molecule has 0 aliphatic carbocycles. The maximum Gasteiger partial charge on any atom is 1.00 e. The Kier molecular flexibility index (Phi) is 5.22. The number of rotatable bonds is 1. The fourth-order valence-electron chi connectivity index (χ4n) is 0.916. The average molecular weight is 191 g/mol. The molecule has 0 spiro atoms. The summed E-state index contributed by atoms with van der Waals surface area (Å²) in [6, 6.07) is 5.40. The van der Waals surface area contributed by atoms with E-state index >= 15 is 0 Å². The SMILES string of the molecule is Cc1ccc(C)c([P+](=O)[O-])c1.[Na+]. The van der Waals surface area contributed by atoms with Gasteiger partial charge >= 0.3 is 37.6 Å². The number of aryl methyl sites for hydroxylation is 2. The van der Waals surface area contributed by atoms with E-state index in [1.165, 1.54) is 0 Å². The molecule has 0 aliphatic rings. The van der Waals surface area contributed by atoms with Gasteiger partial charge in [-0.2, -0.15) is 0 Å². The first-order valence-electron chi connectivity index (χ1n) is 3.33. The Morgan fingerprint density at radius 2 is 1.92 bits per heavy atom. The van der Waals surface area contributed by atoms with Gasteiger partial charge in [0.15, 0.2) is 5.30 Å². The molecule has 12 heavy (non-hydrogen) atoms. The second-order valence-corrected chi connectivity index (χ2v) is 3.54. The van der Waals surface area contributed by atoms with Gasteiger partial charge in [-0.1, -0.05) is 16.7 Å². The van der Waals surface area contributed by atoms with Crippen LogP contribution in [0.1, 0.15) is 11.1 Å². The molecule has 1 aromatic rings. The van der Waals surface area contributed by atoms with Gasteiger partial charge in [0.25, 0.3) is 0 Å². The summed E-state index contributed by atoms with van der Waals surface area (Å²) < 4.78 is 10.6. The van der Waals surface area contributed by atoms with Crippen LogP contribution in [0.2, 0.25) is 0 Å². The number of hydrogen-bond acceptors (Lipinski definition) is 2. The van der Waals surface area contributed by atoms with Gasteiger partial charge in [0.05, 0.1) is 0 Å². The molecule has 0 fully saturated rings. The van der Waals surface area contributed by atoms with Crippen LogP contribution in [-0.4, -0.2) is 0 Å². The molecule has 0 radical (unpaired) electrons. The molecule has 1 rings (SSSR count). The van der Waals surface area contributed by atoms with E-state index in [-0.39, 0.29) is 29.6 Å². The minimum Gasteiger partial charge on any atom is -0.591 e. The molecule has 58 valence electrons. The van der Waals surface area contributed by atoms with E-state index in [1.807, 2.05) is 19.1 Å². The van der Waals surface area contributed by atoms with Gasteiger partial charge in [0.2, 0.25) is 0 Å². The molecule has 2 nitrogen and oxygen atoms in total. The van der Waals surface area contributed by atoms with Crippen LogP contribution in [0, 0.1) is 13.8 Å². The van der Waals surface area contributed by atoms with E-state index in [2.05, 4.69) is 0 Å². The average Bonchev–Trinajstić information content (AvgIpc) is 1.94. The number of hydrogen-bond donors (Lipinski definition) is 0. The minimum atomic E-state index is -2.43. The van der Waals surface area contributed by atoms with E-state index in [1.54, 1.807) is 13.0 Å². The predicted molar refractivity (Wildman–Crippen MR) is 43.2 cm³/mol. The molecule has 0 N–H and O–H groups in total. The normalized spacial score (nSPS) is 10.4. The Morgan fingerprint density at radius 1 is 1.33 bits per heavy atom. The second kappa shape index (κ2) is 5.11. The largest absolute Gasteiger partial charge is 1.00 e. The molecular formula is C8H9NaO2P+. The summed E-state index contributed by atoms with van der Waals surface area (Å²) >= 11 is 0. The molecule has 0 aromatic heterocycles. The maximum absolute atomic E-state index is 10.6. The van der Waals surface area contributed by atoms with Gasteiger partial charge in [-0.15, -0.1) is 0 Å². The molecule has 0 saturated carbocycles. The van der Waals surface area contributed by atoms with Crippen LogP contribution in [0.5, 0.6) is 0 Å². The van der Waals surface area contributed by atoms with Gasteiger partial charge in [-0.25, -0.2) is 0 Å². The first-order valence-corrected chi connectivity index (χ1v) is 4.50. The Labute approximate surface area is 95.2 Å². The summed E-state index contributed by atoms with van der Waals surface area (Å²) in [7, 11) is -2.43. The molecule has 0 amide bonds. The topological polar surface area (TPSA) is 40.1 Å². The van der Waals surface area contributed by atoms with Crippen molar-refractivity contribution < 1.29 is 39.0 Å². The summed E-state index contributed by atoms with van der Waals surface area (Å²) in [4.78, 5) is 10.6. The van der Waals surface area contributed by atoms with Crippen molar-refractivity contribution in [1.29, 1.82) is 0 Å². The third-order valence-corrected chi connectivity index (χ3v) is 2.44. The van der Waals surface area contributed by atoms with E-state index in [4.69, 9.17) is 0 Å². The first-order chi connectivity index (χ1) is 5.11. The first kappa shape index (κ1) is 12.3. The molecule has 4 heteroatoms. The zero-order chi connectivity index (χ0) is 8.43. The quantitative estimate of drug-likeness (QED) is 0.382. The standard InChI is InChI=1S/C8H9O2P.Na/c1-6-3-4-7(2)8(5-6)11(9)10;/h3-5H,1-2H3;/q;+1. The summed E-state index contributed by atoms with van der Waals surface area (Å²) in [5.41, 5.74) is 1.79. The van der Waals surface area contributed by atoms with Crippen LogP contribution < -0.4 is 39.8 Å². The van der Waals surface area contributed by atoms with Gasteiger partial charge < -0.3 is 4.89 Å². The monoisotopic (exact) mass is 191 g/mol. The van der Waals surface area contributed by atoms with Crippen molar-refractivity contribution in [1.82, 2.24) is 0 Å². The summed E-state index contributed by atoms with van der Waals surface area (Å²) in [6.45, 7) is 3.67. The summed E-state index contributed by atoms with van der Waals surface area (Å²) in [5.74, 6) is 0. The predicted octanol–water partition coefficient (Wildman–Crippen LogP) is -1.96. The smallest absolute Gasteiger partial charge is 0.591 e. The maximum atomic E-state index is 10.6. The van der Waals surface area contributed by atoms with Gasteiger partial charge in [-0.3, -0.25) is 0 Å². The fraction of sp³-hybridized carbons (Fsp3) is 0.250. The molecule has 0 aliphatic heterocycles. The Hall–Kier alpha value is 0.280. The second-order valence-electron chi connectivity index (χ2n) is 2.55. The van der Waals surface area contributed by atoms with Crippen LogP contribution in [-0.2, 0) is 4.57 Å². The van der Waals surface area contributed by atoms with Crippen LogP contribution in [0.4, 0.5) is 0 Å². The molecule has 1 unspecified atom stereocenters. The van der Waals surface area contributed by atoms with E-state index in [0.29, 0.717) is 5.30 Å². The Balaban J connectivity index is 0.00000121. The van der Waals surface area contributed by atoms with Crippen molar-refractivity contribution in [2.75, 3.05) is 0 Å². The van der Waals surface area contributed by atoms with E-state index < -0.39 is 8.03 Å². The van der Waals surface area contributed by atoms with Crippen molar-refractivity contribution in [2.24, 2.45) is 0 Å². The zero-order valence-electron chi connectivity index (χ0n) is 7.50. The molecular weight excluding hydrogens is 182 g/mol. The summed E-state index contributed by atoms with van der Waals surface area (Å²) in [6.07, 6.45) is 0. The van der Waals surface area contributed by atoms with Crippen molar-refractivity contribution in [3.63, 3.8) is 0 Å². The van der Waals surface area contributed by atoms with Gasteiger partial charge in [0, 0.05) is 5.56 Å². The van der Waals surface area contributed by atoms with Crippen LogP contribution in [0.15, 0.2) is 18.2 Å². The Bertz CT molecular complexity index is 299. The summed E-state index contributed by atoms with van der Waals surface area (Å²) in [5, 5.41) is 0.431. The van der Waals surface area contributed by atoms with Crippen LogP contribution in [0.3, 0.4) is 0 Å². The third-order valence-electron chi connectivity index (χ3n) is 1.56. The van der Waals surface area contributed by atoms with Gasteiger partial charge in [0.1, 0.15) is 0 Å². The fourth-order valence-corrected chi connectivity index (χ4v) is 1.59. The molecule has 1 atom stereocenters. The van der Waals surface area contributed by atoms with Crippen molar-refractivity contribution in [3.8, 4) is 0 Å². The van der Waals surface area contributed by atoms with E-state index in [0.717, 1.165) is 11.1 Å². The molecule has 0 heterocycles. The molecule has 0 bridgehead atoms. The van der Waals surface area contributed by atoms with Crippen molar-refractivity contribution in [3.05, 3.63) is 29.3 Å². The third kappa shape index (κ3) is 2.96. The number of benzene rings is 1. The van der Waals surface area contributed by atoms with Crippen LogP contribution >= 0.6 is 8.03 Å². The molecule has 1 aromatic carbocycles. The van der Waals surface area contributed by atoms with Crippen LogP contribution in [0.25, 0.3) is 0 Å². The van der Waals surface area contributed by atoms with E-state index in [9.17, 15) is 9.46 Å². The Morgan fingerprint density at radius 3 is 2.33 bits per heavy atom. The minimum absolute atomic E-state index is 0.